The molecule has 1 heterocycles. The number of aromatic nitrogens is 2. The van der Waals surface area contributed by atoms with E-state index in [2.05, 4.69) is 58.5 Å². The molecule has 1 aliphatic rings. The van der Waals surface area contributed by atoms with Crippen molar-refractivity contribution in [2.75, 3.05) is 0 Å². The lowest BCUT2D eigenvalue weighted by Crippen LogP contribution is -2.19. The second-order valence-corrected chi connectivity index (χ2v) is 6.95. The topological polar surface area (TPSA) is 42.9 Å². The summed E-state index contributed by atoms with van der Waals surface area (Å²) in [6, 6.07) is 17.2. The van der Waals surface area contributed by atoms with Crippen LogP contribution in [0.15, 0.2) is 67.3 Å². The Labute approximate surface area is 151 Å². The van der Waals surface area contributed by atoms with Gasteiger partial charge in [0, 0.05) is 18.3 Å². The minimum absolute atomic E-state index is 0.0966. The predicted octanol–water partition coefficient (Wildman–Crippen LogP) is 5.09. The highest BCUT2D eigenvalue weighted by Gasteiger charge is 2.28. The Bertz CT molecular complexity index is 1130. The minimum atomic E-state index is -0.0966. The molecule has 4 aromatic rings. The lowest BCUT2D eigenvalue weighted by Gasteiger charge is -2.26. The van der Waals surface area contributed by atoms with Crippen LogP contribution >= 0.6 is 0 Å². The molecular formula is C23H18N2O. The number of nitrogens with zero attached hydrogens (tertiary/aromatic N) is 2. The summed E-state index contributed by atoms with van der Waals surface area (Å²) in [6.07, 6.45) is 7.66. The highest BCUT2D eigenvalue weighted by molar-refractivity contribution is 6.09. The van der Waals surface area contributed by atoms with E-state index < -0.39 is 0 Å². The van der Waals surface area contributed by atoms with E-state index in [0.717, 1.165) is 19.3 Å². The number of rotatable bonds is 2. The van der Waals surface area contributed by atoms with Crippen molar-refractivity contribution in [1.82, 2.24) is 9.97 Å². The Morgan fingerprint density at radius 1 is 0.885 bits per heavy atom. The van der Waals surface area contributed by atoms with Gasteiger partial charge in [0.1, 0.15) is 6.33 Å². The highest BCUT2D eigenvalue weighted by Crippen LogP contribution is 2.39. The first-order chi connectivity index (χ1) is 12.8. The van der Waals surface area contributed by atoms with Crippen molar-refractivity contribution < 1.29 is 4.79 Å². The number of carbonyl (C=O) groups is 1. The Balaban J connectivity index is 1.69. The van der Waals surface area contributed by atoms with E-state index in [-0.39, 0.29) is 11.7 Å². The summed E-state index contributed by atoms with van der Waals surface area (Å²) >= 11 is 0. The number of Topliss-reactive ketones (excluding diaryl/α,β-unsaturated/α-hetero) is 1. The van der Waals surface area contributed by atoms with Crippen LogP contribution in [0, 0.1) is 0 Å². The van der Waals surface area contributed by atoms with Crippen molar-refractivity contribution in [2.24, 2.45) is 0 Å². The molecule has 1 aromatic heterocycles. The highest BCUT2D eigenvalue weighted by atomic mass is 16.1. The molecule has 3 aromatic carbocycles. The monoisotopic (exact) mass is 338 g/mol. The van der Waals surface area contributed by atoms with Crippen molar-refractivity contribution in [3.05, 3.63) is 83.9 Å². The molecule has 0 radical (unpaired) electrons. The first-order valence-corrected chi connectivity index (χ1v) is 9.05. The molecule has 5 rings (SSSR count). The molecule has 0 amide bonds. The summed E-state index contributed by atoms with van der Waals surface area (Å²) in [5, 5.41) is 5.09. The number of benzene rings is 3. The van der Waals surface area contributed by atoms with Gasteiger partial charge in [0.25, 0.3) is 0 Å². The van der Waals surface area contributed by atoms with Crippen LogP contribution in [0.1, 0.15) is 40.2 Å². The summed E-state index contributed by atoms with van der Waals surface area (Å²) < 4.78 is 0. The van der Waals surface area contributed by atoms with Crippen LogP contribution in [0.5, 0.6) is 0 Å². The Hall–Kier alpha value is -3.07. The molecule has 0 saturated carbocycles. The van der Waals surface area contributed by atoms with Crippen LogP contribution in [-0.2, 0) is 6.42 Å². The van der Waals surface area contributed by atoms with Crippen molar-refractivity contribution in [2.45, 2.75) is 25.2 Å². The van der Waals surface area contributed by atoms with Crippen LogP contribution in [0.2, 0.25) is 0 Å². The lowest BCUT2D eigenvalue weighted by atomic mass is 9.77. The predicted molar refractivity (Wildman–Crippen MR) is 103 cm³/mol. The molecular weight excluding hydrogens is 320 g/mol. The van der Waals surface area contributed by atoms with Gasteiger partial charge in [-0.1, -0.05) is 48.5 Å². The third-order valence-corrected chi connectivity index (χ3v) is 5.53. The van der Waals surface area contributed by atoms with Gasteiger partial charge < -0.3 is 0 Å². The first kappa shape index (κ1) is 15.2. The third kappa shape index (κ3) is 2.31. The Morgan fingerprint density at radius 3 is 2.58 bits per heavy atom. The number of fused-ring (bicyclic) bond motifs is 5. The molecule has 0 spiro atoms. The standard InChI is InChI=1S/C23H18N2O/c26-23(16-12-24-14-25-13-16)22-7-3-6-18-20-9-8-15-4-1-2-5-17(15)19(20)10-11-21(18)22/h1-2,4-5,8-14,22H,3,6-7H2. The number of hydrogen-bond acceptors (Lipinski definition) is 3. The van der Waals surface area contributed by atoms with Crippen molar-refractivity contribution in [3.8, 4) is 0 Å². The maximum atomic E-state index is 13.0. The van der Waals surface area contributed by atoms with Crippen LogP contribution < -0.4 is 0 Å². The average molecular weight is 338 g/mol. The zero-order chi connectivity index (χ0) is 17.5. The molecule has 1 atom stereocenters. The van der Waals surface area contributed by atoms with Crippen LogP contribution in [0.4, 0.5) is 0 Å². The van der Waals surface area contributed by atoms with Crippen molar-refractivity contribution >= 4 is 27.3 Å². The normalized spacial score (nSPS) is 16.5. The Kier molecular flexibility index (Phi) is 3.52. The van der Waals surface area contributed by atoms with Gasteiger partial charge in [0.15, 0.2) is 5.78 Å². The van der Waals surface area contributed by atoms with Gasteiger partial charge in [0.05, 0.1) is 5.56 Å². The summed E-state index contributed by atoms with van der Waals surface area (Å²) in [4.78, 5) is 21.0. The lowest BCUT2D eigenvalue weighted by molar-refractivity contribution is 0.0950. The summed E-state index contributed by atoms with van der Waals surface area (Å²) in [5.41, 5.74) is 3.10. The van der Waals surface area contributed by atoms with E-state index in [4.69, 9.17) is 0 Å². The molecule has 3 nitrogen and oxygen atoms in total. The third-order valence-electron chi connectivity index (χ3n) is 5.53. The van der Waals surface area contributed by atoms with E-state index in [1.807, 2.05) is 0 Å². The van der Waals surface area contributed by atoms with E-state index in [1.165, 1.54) is 39.0 Å². The zero-order valence-electron chi connectivity index (χ0n) is 14.4. The van der Waals surface area contributed by atoms with E-state index in [0.29, 0.717) is 5.56 Å². The van der Waals surface area contributed by atoms with Gasteiger partial charge in [-0.05, 0) is 51.9 Å². The molecule has 1 unspecified atom stereocenters. The fourth-order valence-electron chi connectivity index (χ4n) is 4.31. The molecule has 0 bridgehead atoms. The van der Waals surface area contributed by atoms with E-state index >= 15 is 0 Å². The molecule has 26 heavy (non-hydrogen) atoms. The Morgan fingerprint density at radius 2 is 1.69 bits per heavy atom. The minimum Gasteiger partial charge on any atom is -0.293 e. The second-order valence-electron chi connectivity index (χ2n) is 6.95. The molecule has 0 aliphatic heterocycles. The second kappa shape index (κ2) is 6.03. The van der Waals surface area contributed by atoms with Crippen LogP contribution in [0.25, 0.3) is 21.5 Å². The fraction of sp³-hybridized carbons (Fsp3) is 0.174. The average Bonchev–Trinajstić information content (AvgIpc) is 2.73. The van der Waals surface area contributed by atoms with Crippen LogP contribution in [-0.4, -0.2) is 15.8 Å². The number of aryl methyl sites for hydroxylation is 1. The summed E-state index contributed by atoms with van der Waals surface area (Å²) in [6.45, 7) is 0. The smallest absolute Gasteiger partial charge is 0.173 e. The van der Waals surface area contributed by atoms with Gasteiger partial charge in [-0.15, -0.1) is 0 Å². The molecule has 1 aliphatic carbocycles. The summed E-state index contributed by atoms with van der Waals surface area (Å²) in [5.74, 6) is 0.0345. The van der Waals surface area contributed by atoms with Gasteiger partial charge in [-0.2, -0.15) is 0 Å². The molecule has 0 N–H and O–H groups in total. The quantitative estimate of drug-likeness (QED) is 0.378. The van der Waals surface area contributed by atoms with Gasteiger partial charge in [-0.3, -0.25) is 4.79 Å². The first-order valence-electron chi connectivity index (χ1n) is 9.05. The van der Waals surface area contributed by atoms with E-state index in [1.54, 1.807) is 12.4 Å². The molecule has 126 valence electrons. The maximum absolute atomic E-state index is 13.0. The van der Waals surface area contributed by atoms with Crippen molar-refractivity contribution in [3.63, 3.8) is 0 Å². The zero-order valence-corrected chi connectivity index (χ0v) is 14.4. The van der Waals surface area contributed by atoms with Gasteiger partial charge in [-0.25, -0.2) is 9.97 Å². The number of carbonyl (C=O) groups excluding carboxylic acids is 1. The fourth-order valence-corrected chi connectivity index (χ4v) is 4.31. The van der Waals surface area contributed by atoms with Crippen LogP contribution in [0.3, 0.4) is 0 Å². The van der Waals surface area contributed by atoms with Gasteiger partial charge >= 0.3 is 0 Å². The van der Waals surface area contributed by atoms with Gasteiger partial charge in [0.2, 0.25) is 0 Å². The maximum Gasteiger partial charge on any atom is 0.173 e. The van der Waals surface area contributed by atoms with E-state index in [9.17, 15) is 4.79 Å². The molecule has 0 fully saturated rings. The molecule has 3 heteroatoms. The summed E-state index contributed by atoms with van der Waals surface area (Å²) in [7, 11) is 0. The number of ketones is 1. The largest absolute Gasteiger partial charge is 0.293 e. The van der Waals surface area contributed by atoms with Crippen molar-refractivity contribution in [1.29, 1.82) is 0 Å². The SMILES string of the molecule is O=C(c1cncnc1)C1CCCc2c1ccc1c2ccc2ccccc21. The molecule has 0 saturated heterocycles. The number of hydrogen-bond donors (Lipinski definition) is 0.